The molecule has 3 heterocycles. The second-order valence-corrected chi connectivity index (χ2v) is 6.99. The number of urea groups is 1. The number of anilines is 1. The molecule has 0 aliphatic carbocycles. The number of fused-ring (bicyclic) bond motifs is 1. The van der Waals surface area contributed by atoms with E-state index in [1.165, 1.54) is 0 Å². The summed E-state index contributed by atoms with van der Waals surface area (Å²) in [5.41, 5.74) is 0.715. The minimum atomic E-state index is -0.0750. The number of amides is 2. The number of nitrogens with zero attached hydrogens (tertiary/aromatic N) is 2. The first-order chi connectivity index (χ1) is 13.3. The largest absolute Gasteiger partial charge is 0.454 e. The third-order valence-corrected chi connectivity index (χ3v) is 5.28. The Balaban J connectivity index is 1.40. The summed E-state index contributed by atoms with van der Waals surface area (Å²) in [6.07, 6.45) is 1.75. The average Bonchev–Trinajstić information content (AvgIpc) is 3.18. The maximum absolute atomic E-state index is 13.0. The van der Waals surface area contributed by atoms with Crippen LogP contribution in [0.5, 0.6) is 11.5 Å². The second kappa shape index (κ2) is 8.77. The first kappa shape index (κ1) is 18.3. The van der Waals surface area contributed by atoms with Gasteiger partial charge in [0.25, 0.3) is 0 Å². The minimum Gasteiger partial charge on any atom is -0.454 e. The maximum Gasteiger partial charge on any atom is 0.322 e. The Bertz CT molecular complexity index is 644. The predicted octanol–water partition coefficient (Wildman–Crippen LogP) is 1.76. The molecule has 8 heteroatoms. The molecule has 0 atom stereocenters. The van der Waals surface area contributed by atoms with E-state index in [1.807, 2.05) is 23.1 Å². The zero-order valence-corrected chi connectivity index (χ0v) is 15.5. The number of benzene rings is 1. The van der Waals surface area contributed by atoms with Crippen LogP contribution in [0.1, 0.15) is 12.8 Å². The monoisotopic (exact) mass is 377 g/mol. The summed E-state index contributed by atoms with van der Waals surface area (Å²) in [5.74, 6) is 1.38. The van der Waals surface area contributed by atoms with Gasteiger partial charge >= 0.3 is 6.03 Å². The number of morpholine rings is 1. The van der Waals surface area contributed by atoms with E-state index in [4.69, 9.17) is 18.9 Å². The molecule has 2 amide bonds. The van der Waals surface area contributed by atoms with Crippen molar-refractivity contribution in [2.45, 2.75) is 18.9 Å². The molecule has 0 spiro atoms. The summed E-state index contributed by atoms with van der Waals surface area (Å²) in [7, 11) is 0. The highest BCUT2D eigenvalue weighted by Crippen LogP contribution is 2.34. The van der Waals surface area contributed by atoms with Gasteiger partial charge in [-0.3, -0.25) is 4.90 Å². The first-order valence-corrected chi connectivity index (χ1v) is 9.65. The molecule has 3 aliphatic heterocycles. The fourth-order valence-electron chi connectivity index (χ4n) is 3.69. The molecule has 3 aliphatic rings. The topological polar surface area (TPSA) is 72.5 Å². The number of carbonyl (C=O) groups excluding carboxylic acids is 1. The smallest absolute Gasteiger partial charge is 0.322 e. The van der Waals surface area contributed by atoms with Gasteiger partial charge in [-0.25, -0.2) is 4.79 Å². The van der Waals surface area contributed by atoms with Gasteiger partial charge in [-0.2, -0.15) is 0 Å². The van der Waals surface area contributed by atoms with E-state index >= 15 is 0 Å². The van der Waals surface area contributed by atoms with E-state index in [-0.39, 0.29) is 18.9 Å². The van der Waals surface area contributed by atoms with Gasteiger partial charge in [-0.05, 0) is 25.0 Å². The van der Waals surface area contributed by atoms with Crippen molar-refractivity contribution in [3.05, 3.63) is 18.2 Å². The van der Waals surface area contributed by atoms with E-state index in [1.54, 1.807) is 0 Å². The summed E-state index contributed by atoms with van der Waals surface area (Å²) >= 11 is 0. The van der Waals surface area contributed by atoms with Crippen LogP contribution in [0, 0.1) is 0 Å². The van der Waals surface area contributed by atoms with Crippen LogP contribution >= 0.6 is 0 Å². The molecule has 0 saturated carbocycles. The first-order valence-electron chi connectivity index (χ1n) is 9.65. The predicted molar refractivity (Wildman–Crippen MR) is 99.4 cm³/mol. The van der Waals surface area contributed by atoms with Gasteiger partial charge in [0.2, 0.25) is 6.79 Å². The normalized spacial score (nSPS) is 20.4. The highest BCUT2D eigenvalue weighted by atomic mass is 16.7. The molecule has 1 N–H and O–H groups in total. The SMILES string of the molecule is O=C(Nc1ccc2c(c1)OCO2)N(CCN1CCOCC1)C1CCOCC1. The highest BCUT2D eigenvalue weighted by molar-refractivity contribution is 5.90. The van der Waals surface area contributed by atoms with E-state index in [9.17, 15) is 4.79 Å². The average molecular weight is 377 g/mol. The van der Waals surface area contributed by atoms with E-state index in [2.05, 4.69) is 10.2 Å². The molecule has 0 bridgehead atoms. The quantitative estimate of drug-likeness (QED) is 0.843. The molecule has 27 heavy (non-hydrogen) atoms. The number of hydrogen-bond acceptors (Lipinski definition) is 6. The number of carbonyl (C=O) groups is 1. The van der Waals surface area contributed by atoms with Gasteiger partial charge in [-0.1, -0.05) is 0 Å². The van der Waals surface area contributed by atoms with Crippen molar-refractivity contribution in [3.8, 4) is 11.5 Å². The Kier molecular flexibility index (Phi) is 5.96. The molecule has 1 aromatic rings. The van der Waals surface area contributed by atoms with Crippen molar-refractivity contribution in [2.24, 2.45) is 0 Å². The third-order valence-electron chi connectivity index (χ3n) is 5.28. The van der Waals surface area contributed by atoms with E-state index in [0.717, 1.165) is 45.7 Å². The minimum absolute atomic E-state index is 0.0750. The lowest BCUT2D eigenvalue weighted by atomic mass is 10.1. The molecule has 148 valence electrons. The number of rotatable bonds is 5. The fraction of sp³-hybridized carbons (Fsp3) is 0.632. The molecular weight excluding hydrogens is 350 g/mol. The molecule has 0 aromatic heterocycles. The van der Waals surface area contributed by atoms with Gasteiger partial charge < -0.3 is 29.2 Å². The van der Waals surface area contributed by atoms with Crippen molar-refractivity contribution >= 4 is 11.7 Å². The van der Waals surface area contributed by atoms with Crippen molar-refractivity contribution in [3.63, 3.8) is 0 Å². The standard InChI is InChI=1S/C19H27N3O5/c23-19(20-15-1-2-17-18(13-15)27-14-26-17)22(16-3-9-24-10-4-16)6-5-21-7-11-25-12-8-21/h1-2,13,16H,3-12,14H2,(H,20,23). The van der Waals surface area contributed by atoms with Gasteiger partial charge in [-0.15, -0.1) is 0 Å². The lowest BCUT2D eigenvalue weighted by Gasteiger charge is -2.36. The third kappa shape index (κ3) is 4.63. The van der Waals surface area contributed by atoms with Crippen molar-refractivity contribution < 1.29 is 23.7 Å². The molecule has 0 unspecified atom stereocenters. The van der Waals surface area contributed by atoms with Crippen LogP contribution in [0.25, 0.3) is 0 Å². The molecule has 0 radical (unpaired) electrons. The van der Waals surface area contributed by atoms with Gasteiger partial charge in [0, 0.05) is 57.2 Å². The summed E-state index contributed by atoms with van der Waals surface area (Å²) in [4.78, 5) is 17.4. The van der Waals surface area contributed by atoms with Crippen LogP contribution in [-0.2, 0) is 9.47 Å². The summed E-state index contributed by atoms with van der Waals surface area (Å²) < 4.78 is 21.6. The highest BCUT2D eigenvalue weighted by Gasteiger charge is 2.27. The Hall–Kier alpha value is -2.03. The van der Waals surface area contributed by atoms with E-state index < -0.39 is 0 Å². The number of ether oxygens (including phenoxy) is 4. The molecule has 1 aromatic carbocycles. The van der Waals surface area contributed by atoms with Crippen molar-refractivity contribution in [2.75, 3.05) is 64.7 Å². The van der Waals surface area contributed by atoms with Crippen LogP contribution in [0.2, 0.25) is 0 Å². The maximum atomic E-state index is 13.0. The van der Waals surface area contributed by atoms with Gasteiger partial charge in [0.05, 0.1) is 13.2 Å². The van der Waals surface area contributed by atoms with Crippen LogP contribution in [0.15, 0.2) is 18.2 Å². The molecule has 2 fully saturated rings. The number of nitrogens with one attached hydrogen (secondary N) is 1. The Labute approximate surface area is 159 Å². The van der Waals surface area contributed by atoms with Crippen LogP contribution in [-0.4, -0.2) is 81.3 Å². The van der Waals surface area contributed by atoms with Crippen LogP contribution in [0.4, 0.5) is 10.5 Å². The molecular formula is C19H27N3O5. The van der Waals surface area contributed by atoms with Crippen LogP contribution < -0.4 is 14.8 Å². The van der Waals surface area contributed by atoms with Gasteiger partial charge in [0.1, 0.15) is 0 Å². The molecule has 2 saturated heterocycles. The summed E-state index contributed by atoms with van der Waals surface area (Å²) in [5, 5.41) is 3.02. The fourth-order valence-corrected chi connectivity index (χ4v) is 3.69. The summed E-state index contributed by atoms with van der Waals surface area (Å²) in [6.45, 7) is 6.56. The summed E-state index contributed by atoms with van der Waals surface area (Å²) in [6, 6.07) is 5.60. The molecule has 4 rings (SSSR count). The number of hydrogen-bond donors (Lipinski definition) is 1. The van der Waals surface area contributed by atoms with Crippen molar-refractivity contribution in [1.82, 2.24) is 9.80 Å². The Morgan fingerprint density at radius 1 is 1.07 bits per heavy atom. The lowest BCUT2D eigenvalue weighted by molar-refractivity contribution is 0.0238. The zero-order valence-electron chi connectivity index (χ0n) is 15.5. The van der Waals surface area contributed by atoms with Crippen LogP contribution in [0.3, 0.4) is 0 Å². The van der Waals surface area contributed by atoms with Crippen molar-refractivity contribution in [1.29, 1.82) is 0 Å². The Morgan fingerprint density at radius 3 is 2.63 bits per heavy atom. The second-order valence-electron chi connectivity index (χ2n) is 6.99. The Morgan fingerprint density at radius 2 is 1.81 bits per heavy atom. The lowest BCUT2D eigenvalue weighted by Crippen LogP contribution is -2.49. The van der Waals surface area contributed by atoms with Gasteiger partial charge in [0.15, 0.2) is 11.5 Å². The van der Waals surface area contributed by atoms with E-state index in [0.29, 0.717) is 36.9 Å². The zero-order chi connectivity index (χ0) is 18.5. The molecule has 8 nitrogen and oxygen atoms in total.